The third-order valence-corrected chi connectivity index (χ3v) is 1.65. The molecule has 12 heavy (non-hydrogen) atoms. The third kappa shape index (κ3) is 1.09. The van der Waals surface area contributed by atoms with E-state index in [0.29, 0.717) is 0 Å². The van der Waals surface area contributed by atoms with Gasteiger partial charge in [-0.3, -0.25) is 4.94 Å². The van der Waals surface area contributed by atoms with Crippen LogP contribution in [0.2, 0.25) is 0 Å². The summed E-state index contributed by atoms with van der Waals surface area (Å²) in [4.78, 5) is 7.41. The van der Waals surface area contributed by atoms with E-state index in [1.54, 1.807) is 12.1 Å². The minimum absolute atomic E-state index is 0.00583. The minimum Gasteiger partial charge on any atom is -0.274 e. The van der Waals surface area contributed by atoms with E-state index in [-0.39, 0.29) is 5.88 Å². The van der Waals surface area contributed by atoms with E-state index in [9.17, 15) is 4.53 Å². The van der Waals surface area contributed by atoms with Gasteiger partial charge in [0.05, 0.1) is 5.52 Å². The molecule has 0 saturated carbocycles. The molecular weight excluding hydrogens is 157 g/mol. The van der Waals surface area contributed by atoms with Gasteiger partial charge in [-0.25, -0.2) is 4.98 Å². The van der Waals surface area contributed by atoms with Gasteiger partial charge >= 0.3 is 0 Å². The molecule has 60 valence electrons. The van der Waals surface area contributed by atoms with Crippen LogP contribution in [0.5, 0.6) is 5.88 Å². The Labute approximate surface area is 68.5 Å². The third-order valence-electron chi connectivity index (χ3n) is 1.65. The van der Waals surface area contributed by atoms with E-state index in [1.165, 1.54) is 6.07 Å². The maximum atomic E-state index is 11.7. The number of benzene rings is 1. The molecule has 0 radical (unpaired) electrons. The zero-order valence-corrected chi connectivity index (χ0v) is 6.20. The summed E-state index contributed by atoms with van der Waals surface area (Å²) in [6, 6.07) is 10.7. The number of para-hydroxylation sites is 1. The first-order chi connectivity index (χ1) is 5.90. The number of rotatable bonds is 1. The topological polar surface area (TPSA) is 22.1 Å². The monoisotopic (exact) mass is 163 g/mol. The normalized spacial score (nSPS) is 10.1. The Morgan fingerprint density at radius 1 is 1.08 bits per heavy atom. The van der Waals surface area contributed by atoms with Crippen molar-refractivity contribution in [2.75, 3.05) is 0 Å². The van der Waals surface area contributed by atoms with Crippen LogP contribution >= 0.6 is 0 Å². The van der Waals surface area contributed by atoms with Crippen molar-refractivity contribution in [1.29, 1.82) is 0 Å². The Morgan fingerprint density at radius 3 is 2.75 bits per heavy atom. The molecule has 0 bridgehead atoms. The highest BCUT2D eigenvalue weighted by Gasteiger charge is 1.97. The Morgan fingerprint density at radius 2 is 1.92 bits per heavy atom. The molecule has 3 heteroatoms. The van der Waals surface area contributed by atoms with Crippen molar-refractivity contribution in [3.8, 4) is 5.88 Å². The lowest BCUT2D eigenvalue weighted by atomic mass is 10.2. The second-order valence-corrected chi connectivity index (χ2v) is 2.42. The van der Waals surface area contributed by atoms with Gasteiger partial charge in [-0.05, 0) is 12.1 Å². The molecular formula is C9H6FNO. The summed E-state index contributed by atoms with van der Waals surface area (Å²) in [6.07, 6.45) is 0. The summed E-state index contributed by atoms with van der Waals surface area (Å²) >= 11 is 0. The number of aromatic nitrogens is 1. The van der Waals surface area contributed by atoms with Gasteiger partial charge < -0.3 is 0 Å². The number of hydrogen-bond donors (Lipinski definition) is 0. The minimum atomic E-state index is -0.00583. The van der Waals surface area contributed by atoms with Crippen molar-refractivity contribution >= 4 is 10.9 Å². The lowest BCUT2D eigenvalue weighted by Gasteiger charge is -1.96. The maximum Gasteiger partial charge on any atom is 0.263 e. The number of nitrogens with zero attached hydrogens (tertiary/aromatic N) is 1. The maximum absolute atomic E-state index is 11.7. The van der Waals surface area contributed by atoms with Gasteiger partial charge in [0.2, 0.25) is 0 Å². The smallest absolute Gasteiger partial charge is 0.263 e. The quantitative estimate of drug-likeness (QED) is 0.644. The second-order valence-electron chi connectivity index (χ2n) is 2.42. The van der Waals surface area contributed by atoms with Crippen molar-refractivity contribution in [3.05, 3.63) is 36.4 Å². The molecule has 1 aromatic heterocycles. The summed E-state index contributed by atoms with van der Waals surface area (Å²) in [7, 11) is 0. The summed E-state index contributed by atoms with van der Waals surface area (Å²) in [5, 5.41) is 0.971. The molecule has 2 aromatic rings. The molecule has 0 unspecified atom stereocenters. The number of halogens is 1. The van der Waals surface area contributed by atoms with Gasteiger partial charge in [0.1, 0.15) is 0 Å². The molecule has 1 aromatic carbocycles. The van der Waals surface area contributed by atoms with Crippen LogP contribution in [0.4, 0.5) is 4.53 Å². The van der Waals surface area contributed by atoms with Gasteiger partial charge in [-0.2, -0.15) is 0 Å². The van der Waals surface area contributed by atoms with Crippen LogP contribution < -0.4 is 4.94 Å². The van der Waals surface area contributed by atoms with Crippen molar-refractivity contribution in [3.63, 3.8) is 0 Å². The molecule has 0 aliphatic rings. The molecule has 0 atom stereocenters. The molecule has 0 aliphatic heterocycles. The molecule has 0 saturated heterocycles. The summed E-state index contributed by atoms with van der Waals surface area (Å²) in [5.41, 5.74) is 0.729. The highest BCUT2D eigenvalue weighted by atomic mass is 19.3. The lowest BCUT2D eigenvalue weighted by Crippen LogP contribution is -1.82. The van der Waals surface area contributed by atoms with Crippen LogP contribution in [0.3, 0.4) is 0 Å². The molecule has 2 rings (SSSR count). The summed E-state index contributed by atoms with van der Waals surface area (Å²) in [5.74, 6) is -0.00583. The van der Waals surface area contributed by atoms with E-state index in [2.05, 4.69) is 9.93 Å². The first kappa shape index (κ1) is 7.03. The highest BCUT2D eigenvalue weighted by Crippen LogP contribution is 2.15. The predicted molar refractivity (Wildman–Crippen MR) is 43.5 cm³/mol. The van der Waals surface area contributed by atoms with E-state index in [4.69, 9.17) is 0 Å². The fourth-order valence-electron chi connectivity index (χ4n) is 1.09. The Hall–Kier alpha value is -1.64. The highest BCUT2D eigenvalue weighted by molar-refractivity contribution is 5.78. The Bertz CT molecular complexity index is 402. The van der Waals surface area contributed by atoms with Gasteiger partial charge in [0, 0.05) is 16.0 Å². The van der Waals surface area contributed by atoms with Crippen molar-refractivity contribution in [2.45, 2.75) is 0 Å². The SMILES string of the molecule is FOc1ccc2ccccc2n1. The molecule has 0 aliphatic carbocycles. The van der Waals surface area contributed by atoms with Crippen LogP contribution in [0, 0.1) is 0 Å². The fraction of sp³-hybridized carbons (Fsp3) is 0. The van der Waals surface area contributed by atoms with E-state index < -0.39 is 0 Å². The van der Waals surface area contributed by atoms with E-state index in [1.807, 2.05) is 18.2 Å². The van der Waals surface area contributed by atoms with Crippen LogP contribution in [-0.4, -0.2) is 4.98 Å². The van der Waals surface area contributed by atoms with Crippen molar-refractivity contribution in [2.24, 2.45) is 0 Å². The number of pyridine rings is 1. The zero-order chi connectivity index (χ0) is 8.39. The second kappa shape index (κ2) is 2.77. The number of hydrogen-bond acceptors (Lipinski definition) is 2. The summed E-state index contributed by atoms with van der Waals surface area (Å²) in [6.45, 7) is 0. The van der Waals surface area contributed by atoms with Crippen LogP contribution in [-0.2, 0) is 0 Å². The molecule has 0 spiro atoms. The van der Waals surface area contributed by atoms with Gasteiger partial charge in [-0.15, -0.1) is 0 Å². The fourth-order valence-corrected chi connectivity index (χ4v) is 1.09. The molecule has 1 heterocycles. The summed E-state index contributed by atoms with van der Waals surface area (Å²) < 4.78 is 11.7. The van der Waals surface area contributed by atoms with Crippen LogP contribution in [0.1, 0.15) is 0 Å². The standard InChI is InChI=1S/C9H6FNO/c10-12-9-6-5-7-3-1-2-4-8(7)11-9/h1-6H. The van der Waals surface area contributed by atoms with Crippen molar-refractivity contribution in [1.82, 2.24) is 4.98 Å². The van der Waals surface area contributed by atoms with E-state index >= 15 is 0 Å². The largest absolute Gasteiger partial charge is 0.274 e. The molecule has 0 N–H and O–H groups in total. The zero-order valence-electron chi connectivity index (χ0n) is 6.20. The van der Waals surface area contributed by atoms with Gasteiger partial charge in [0.15, 0.2) is 0 Å². The van der Waals surface area contributed by atoms with Crippen LogP contribution in [0.25, 0.3) is 10.9 Å². The van der Waals surface area contributed by atoms with Crippen LogP contribution in [0.15, 0.2) is 36.4 Å². The molecule has 0 fully saturated rings. The average Bonchev–Trinajstić information content (AvgIpc) is 2.17. The average molecular weight is 163 g/mol. The lowest BCUT2D eigenvalue weighted by molar-refractivity contribution is -0.0114. The first-order valence-electron chi connectivity index (χ1n) is 3.54. The molecule has 0 amide bonds. The number of fused-ring (bicyclic) bond motifs is 1. The first-order valence-corrected chi connectivity index (χ1v) is 3.54. The van der Waals surface area contributed by atoms with Gasteiger partial charge in [-0.1, -0.05) is 18.2 Å². The van der Waals surface area contributed by atoms with Gasteiger partial charge in [0.25, 0.3) is 5.88 Å². The molecule has 2 nitrogen and oxygen atoms in total. The predicted octanol–water partition coefficient (Wildman–Crippen LogP) is 2.50. The Kier molecular flexibility index (Phi) is 1.63. The van der Waals surface area contributed by atoms with Crippen molar-refractivity contribution < 1.29 is 9.47 Å². The van der Waals surface area contributed by atoms with E-state index in [0.717, 1.165) is 10.9 Å². The Balaban J connectivity index is 2.67.